The third kappa shape index (κ3) is 2.98. The Labute approximate surface area is 86.3 Å². The zero-order valence-electron chi connectivity index (χ0n) is 8.19. The van der Waals surface area contributed by atoms with Gasteiger partial charge in [-0.05, 0) is 11.6 Å². The average molecular weight is 206 g/mol. The Balaban J connectivity index is 2.87. The van der Waals surface area contributed by atoms with E-state index in [2.05, 4.69) is 4.98 Å². The summed E-state index contributed by atoms with van der Waals surface area (Å²) in [5, 5.41) is 0. The summed E-state index contributed by atoms with van der Waals surface area (Å²) >= 11 is 0. The molecule has 0 radical (unpaired) electrons. The second kappa shape index (κ2) is 4.45. The average Bonchev–Trinajstić information content (AvgIpc) is 2.18. The standard InChI is InChI=1S/C10H10N2O3/c1-6(13)9(14)3-7-2-8(10(11)15)5-12-4-7/h2,4-5H,3H2,1H3,(H2,11,15). The first-order valence-corrected chi connectivity index (χ1v) is 4.28. The number of hydrogen-bond donors (Lipinski definition) is 1. The number of pyridine rings is 1. The van der Waals surface area contributed by atoms with Gasteiger partial charge in [-0.15, -0.1) is 0 Å². The lowest BCUT2D eigenvalue weighted by atomic mass is 10.1. The van der Waals surface area contributed by atoms with Crippen molar-refractivity contribution in [1.29, 1.82) is 0 Å². The van der Waals surface area contributed by atoms with Gasteiger partial charge in [0.25, 0.3) is 0 Å². The van der Waals surface area contributed by atoms with E-state index >= 15 is 0 Å². The predicted molar refractivity (Wildman–Crippen MR) is 52.1 cm³/mol. The molecule has 2 N–H and O–H groups in total. The van der Waals surface area contributed by atoms with Gasteiger partial charge >= 0.3 is 0 Å². The first-order valence-electron chi connectivity index (χ1n) is 4.28. The largest absolute Gasteiger partial charge is 0.366 e. The molecule has 15 heavy (non-hydrogen) atoms. The SMILES string of the molecule is CC(=O)C(=O)Cc1cncc(C(N)=O)c1. The molecule has 0 aromatic carbocycles. The lowest BCUT2D eigenvalue weighted by Crippen LogP contribution is -2.15. The van der Waals surface area contributed by atoms with E-state index in [0.717, 1.165) is 0 Å². The van der Waals surface area contributed by atoms with Crippen molar-refractivity contribution >= 4 is 17.5 Å². The van der Waals surface area contributed by atoms with Crippen LogP contribution in [0.3, 0.4) is 0 Å². The fourth-order valence-corrected chi connectivity index (χ4v) is 1.03. The summed E-state index contributed by atoms with van der Waals surface area (Å²) in [5.74, 6) is -1.64. The summed E-state index contributed by atoms with van der Waals surface area (Å²) in [6.07, 6.45) is 2.68. The molecule has 1 heterocycles. The van der Waals surface area contributed by atoms with Crippen molar-refractivity contribution in [3.63, 3.8) is 0 Å². The van der Waals surface area contributed by atoms with E-state index in [1.54, 1.807) is 0 Å². The monoisotopic (exact) mass is 206 g/mol. The van der Waals surface area contributed by atoms with E-state index in [0.29, 0.717) is 5.56 Å². The summed E-state index contributed by atoms with van der Waals surface area (Å²) < 4.78 is 0. The van der Waals surface area contributed by atoms with Gasteiger partial charge in [0.15, 0.2) is 5.78 Å². The molecule has 1 amide bonds. The van der Waals surface area contributed by atoms with Crippen LogP contribution < -0.4 is 5.73 Å². The second-order valence-electron chi connectivity index (χ2n) is 3.10. The molecule has 0 saturated carbocycles. The molecule has 5 heteroatoms. The number of rotatable bonds is 4. The molecular formula is C10H10N2O3. The van der Waals surface area contributed by atoms with E-state index < -0.39 is 17.5 Å². The molecule has 0 fully saturated rings. The quantitative estimate of drug-likeness (QED) is 0.695. The summed E-state index contributed by atoms with van der Waals surface area (Å²) in [6, 6.07) is 1.45. The van der Waals surface area contributed by atoms with Gasteiger partial charge in [0, 0.05) is 25.7 Å². The first-order chi connectivity index (χ1) is 7.00. The zero-order chi connectivity index (χ0) is 11.4. The van der Waals surface area contributed by atoms with Gasteiger partial charge in [-0.2, -0.15) is 0 Å². The van der Waals surface area contributed by atoms with Gasteiger partial charge in [0.2, 0.25) is 11.7 Å². The van der Waals surface area contributed by atoms with Crippen LogP contribution in [0.25, 0.3) is 0 Å². The van der Waals surface area contributed by atoms with Crippen LogP contribution >= 0.6 is 0 Å². The van der Waals surface area contributed by atoms with Gasteiger partial charge < -0.3 is 5.73 Å². The molecule has 0 aliphatic heterocycles. The highest BCUT2D eigenvalue weighted by molar-refractivity contribution is 6.36. The Bertz CT molecular complexity index is 426. The molecule has 0 spiro atoms. The topological polar surface area (TPSA) is 90.1 Å². The van der Waals surface area contributed by atoms with Crippen molar-refractivity contribution in [1.82, 2.24) is 4.98 Å². The normalized spacial score (nSPS) is 9.67. The number of carbonyl (C=O) groups excluding carboxylic acids is 3. The highest BCUT2D eigenvalue weighted by atomic mass is 16.2. The number of aromatic nitrogens is 1. The zero-order valence-corrected chi connectivity index (χ0v) is 8.19. The van der Waals surface area contributed by atoms with Crippen LogP contribution in [0.15, 0.2) is 18.5 Å². The minimum Gasteiger partial charge on any atom is -0.366 e. The van der Waals surface area contributed by atoms with Gasteiger partial charge in [-0.3, -0.25) is 19.4 Å². The summed E-state index contributed by atoms with van der Waals surface area (Å²) in [5.41, 5.74) is 5.77. The maximum Gasteiger partial charge on any atom is 0.250 e. The van der Waals surface area contributed by atoms with E-state index in [4.69, 9.17) is 5.73 Å². The fraction of sp³-hybridized carbons (Fsp3) is 0.200. The Morgan fingerprint density at radius 1 is 1.33 bits per heavy atom. The van der Waals surface area contributed by atoms with Crippen LogP contribution in [0.5, 0.6) is 0 Å². The summed E-state index contributed by atoms with van der Waals surface area (Å²) in [7, 11) is 0. The Kier molecular flexibility index (Phi) is 3.28. The molecule has 0 bridgehead atoms. The number of hydrogen-bond acceptors (Lipinski definition) is 4. The smallest absolute Gasteiger partial charge is 0.250 e. The van der Waals surface area contributed by atoms with Crippen LogP contribution in [0, 0.1) is 0 Å². The van der Waals surface area contributed by atoms with E-state index in [1.807, 2.05) is 0 Å². The Morgan fingerprint density at radius 2 is 2.00 bits per heavy atom. The highest BCUT2D eigenvalue weighted by Gasteiger charge is 2.10. The highest BCUT2D eigenvalue weighted by Crippen LogP contribution is 2.03. The van der Waals surface area contributed by atoms with E-state index in [1.165, 1.54) is 25.4 Å². The molecule has 78 valence electrons. The molecule has 0 atom stereocenters. The van der Waals surface area contributed by atoms with Crippen LogP contribution in [-0.2, 0) is 16.0 Å². The van der Waals surface area contributed by atoms with Crippen LogP contribution in [0.1, 0.15) is 22.8 Å². The molecule has 0 aliphatic rings. The molecular weight excluding hydrogens is 196 g/mol. The van der Waals surface area contributed by atoms with Crippen LogP contribution in [0.2, 0.25) is 0 Å². The second-order valence-corrected chi connectivity index (χ2v) is 3.10. The molecule has 1 aromatic rings. The van der Waals surface area contributed by atoms with Crippen molar-refractivity contribution < 1.29 is 14.4 Å². The number of primary amides is 1. The number of amides is 1. The van der Waals surface area contributed by atoms with Crippen LogP contribution in [-0.4, -0.2) is 22.5 Å². The lowest BCUT2D eigenvalue weighted by molar-refractivity contribution is -0.134. The molecule has 0 unspecified atom stereocenters. The van der Waals surface area contributed by atoms with Crippen LogP contribution in [0.4, 0.5) is 0 Å². The number of carbonyl (C=O) groups is 3. The fourth-order valence-electron chi connectivity index (χ4n) is 1.03. The van der Waals surface area contributed by atoms with Crippen molar-refractivity contribution in [2.75, 3.05) is 0 Å². The number of ketones is 2. The molecule has 0 saturated heterocycles. The molecule has 0 aliphatic carbocycles. The van der Waals surface area contributed by atoms with E-state index in [-0.39, 0.29) is 12.0 Å². The minimum absolute atomic E-state index is 0.0521. The molecule has 5 nitrogen and oxygen atoms in total. The Hall–Kier alpha value is -2.04. The molecule has 1 rings (SSSR count). The summed E-state index contributed by atoms with van der Waals surface area (Å²) in [4.78, 5) is 36.4. The molecule has 1 aromatic heterocycles. The third-order valence-corrected chi connectivity index (χ3v) is 1.84. The van der Waals surface area contributed by atoms with Crippen molar-refractivity contribution in [2.45, 2.75) is 13.3 Å². The number of Topliss-reactive ketones (excluding diaryl/α,β-unsaturated/α-hetero) is 2. The number of nitrogens with zero attached hydrogens (tertiary/aromatic N) is 1. The maximum atomic E-state index is 11.1. The minimum atomic E-state index is -0.611. The summed E-state index contributed by atoms with van der Waals surface area (Å²) in [6.45, 7) is 1.20. The maximum absolute atomic E-state index is 11.1. The van der Waals surface area contributed by atoms with Gasteiger partial charge in [-0.25, -0.2) is 0 Å². The Morgan fingerprint density at radius 3 is 2.53 bits per heavy atom. The van der Waals surface area contributed by atoms with Gasteiger partial charge in [-0.1, -0.05) is 0 Å². The predicted octanol–water partition coefficient (Wildman–Crippen LogP) is -0.119. The van der Waals surface area contributed by atoms with E-state index in [9.17, 15) is 14.4 Å². The van der Waals surface area contributed by atoms with Crippen molar-refractivity contribution in [2.24, 2.45) is 5.73 Å². The van der Waals surface area contributed by atoms with Crippen molar-refractivity contribution in [3.8, 4) is 0 Å². The lowest BCUT2D eigenvalue weighted by Gasteiger charge is -1.99. The van der Waals surface area contributed by atoms with Gasteiger partial charge in [0.1, 0.15) is 0 Å². The third-order valence-electron chi connectivity index (χ3n) is 1.84. The first kappa shape index (κ1) is 11.0. The van der Waals surface area contributed by atoms with Gasteiger partial charge in [0.05, 0.1) is 5.56 Å². The van der Waals surface area contributed by atoms with Crippen molar-refractivity contribution in [3.05, 3.63) is 29.6 Å². The number of nitrogens with two attached hydrogens (primary N) is 1.